The monoisotopic (exact) mass is 234 g/mol. The van der Waals surface area contributed by atoms with Gasteiger partial charge in [-0.05, 0) is 17.6 Å². The summed E-state index contributed by atoms with van der Waals surface area (Å²) in [7, 11) is 1.86. The predicted molar refractivity (Wildman–Crippen MR) is 61.8 cm³/mol. The van der Waals surface area contributed by atoms with Crippen LogP contribution in [0.2, 0.25) is 0 Å². The van der Waals surface area contributed by atoms with Gasteiger partial charge in [0.1, 0.15) is 16.6 Å². The molecule has 0 aliphatic rings. The third-order valence-electron chi connectivity index (χ3n) is 2.18. The van der Waals surface area contributed by atoms with E-state index in [4.69, 9.17) is 11.0 Å². The van der Waals surface area contributed by atoms with Gasteiger partial charge in [0.15, 0.2) is 5.82 Å². The third kappa shape index (κ3) is 1.83. The second kappa shape index (κ2) is 4.20. The van der Waals surface area contributed by atoms with Gasteiger partial charge < -0.3 is 11.1 Å². The van der Waals surface area contributed by atoms with Gasteiger partial charge in [0, 0.05) is 13.2 Å². The zero-order valence-corrected chi connectivity index (χ0v) is 9.45. The Balaban J connectivity index is 2.11. The average molecular weight is 234 g/mol. The van der Waals surface area contributed by atoms with Crippen LogP contribution < -0.4 is 11.1 Å². The van der Waals surface area contributed by atoms with Crippen molar-refractivity contribution < 1.29 is 0 Å². The Kier molecular flexibility index (Phi) is 2.74. The van der Waals surface area contributed by atoms with E-state index in [1.54, 1.807) is 10.9 Å². The fourth-order valence-electron chi connectivity index (χ4n) is 1.28. The second-order valence-electron chi connectivity index (χ2n) is 3.18. The van der Waals surface area contributed by atoms with Crippen LogP contribution in [0.15, 0.2) is 12.3 Å². The summed E-state index contributed by atoms with van der Waals surface area (Å²) >= 11 is 1.19. The Labute approximate surface area is 96.5 Å². The first-order chi connectivity index (χ1) is 7.72. The molecule has 0 spiro atoms. The van der Waals surface area contributed by atoms with E-state index in [0.717, 1.165) is 5.69 Å². The molecule has 0 aliphatic carbocycles. The summed E-state index contributed by atoms with van der Waals surface area (Å²) < 4.78 is 5.69. The molecule has 0 atom stereocenters. The number of aromatic nitrogens is 3. The van der Waals surface area contributed by atoms with E-state index in [0.29, 0.717) is 17.1 Å². The summed E-state index contributed by atoms with van der Waals surface area (Å²) in [6.07, 6.45) is 1.73. The number of nitriles is 1. The third-order valence-corrected chi connectivity index (χ3v) is 3.00. The number of anilines is 2. The van der Waals surface area contributed by atoms with Gasteiger partial charge in [0.2, 0.25) is 0 Å². The summed E-state index contributed by atoms with van der Waals surface area (Å²) in [5, 5.41) is 16.7. The molecule has 2 aromatic heterocycles. The molecular formula is C9H10N6S. The highest BCUT2D eigenvalue weighted by molar-refractivity contribution is 7.10. The van der Waals surface area contributed by atoms with E-state index >= 15 is 0 Å². The van der Waals surface area contributed by atoms with E-state index in [1.807, 2.05) is 19.2 Å². The lowest BCUT2D eigenvalue weighted by molar-refractivity contribution is 0.721. The maximum atomic E-state index is 8.88. The highest BCUT2D eigenvalue weighted by atomic mass is 32.1. The average Bonchev–Trinajstić information content (AvgIpc) is 2.82. The van der Waals surface area contributed by atoms with Crippen molar-refractivity contribution in [3.05, 3.63) is 23.5 Å². The number of hydrogen-bond donors (Lipinski definition) is 2. The van der Waals surface area contributed by atoms with Crippen molar-refractivity contribution in [2.45, 2.75) is 6.54 Å². The molecule has 6 nitrogen and oxygen atoms in total. The molecule has 3 N–H and O–H groups in total. The number of nitrogens with one attached hydrogen (secondary N) is 1. The highest BCUT2D eigenvalue weighted by Gasteiger charge is 2.10. The molecule has 0 unspecified atom stereocenters. The van der Waals surface area contributed by atoms with Crippen LogP contribution in [0.3, 0.4) is 0 Å². The SMILES string of the molecule is Cn1nccc1CNc1snc(N)c1C#N. The fourth-order valence-corrected chi connectivity index (χ4v) is 1.94. The van der Waals surface area contributed by atoms with Crippen molar-refractivity contribution in [2.24, 2.45) is 7.05 Å². The molecule has 0 aliphatic heterocycles. The summed E-state index contributed by atoms with van der Waals surface area (Å²) in [4.78, 5) is 0. The molecule has 82 valence electrons. The van der Waals surface area contributed by atoms with Gasteiger partial charge in [-0.2, -0.15) is 14.7 Å². The zero-order chi connectivity index (χ0) is 11.5. The molecule has 0 saturated heterocycles. The van der Waals surface area contributed by atoms with Crippen LogP contribution in [-0.2, 0) is 13.6 Å². The number of nitrogens with two attached hydrogens (primary N) is 1. The molecule has 0 radical (unpaired) electrons. The minimum absolute atomic E-state index is 0.278. The van der Waals surface area contributed by atoms with Gasteiger partial charge in [-0.15, -0.1) is 0 Å². The quantitative estimate of drug-likeness (QED) is 0.824. The molecule has 0 aromatic carbocycles. The van der Waals surface area contributed by atoms with Gasteiger partial charge >= 0.3 is 0 Å². The standard InChI is InChI=1S/C9H10N6S/c1-15-6(2-3-13-15)5-12-9-7(4-10)8(11)14-16-9/h2-3,12H,5H2,1H3,(H2,11,14). The van der Waals surface area contributed by atoms with Gasteiger partial charge in [-0.3, -0.25) is 4.68 Å². The lowest BCUT2D eigenvalue weighted by Crippen LogP contribution is -2.05. The van der Waals surface area contributed by atoms with Crippen LogP contribution in [0.5, 0.6) is 0 Å². The summed E-state index contributed by atoms with van der Waals surface area (Å²) in [5.74, 6) is 0.278. The molecule has 0 fully saturated rings. The minimum atomic E-state index is 0.278. The summed E-state index contributed by atoms with van der Waals surface area (Å²) in [6, 6.07) is 3.93. The normalized spacial score (nSPS) is 10.0. The van der Waals surface area contributed by atoms with Crippen LogP contribution in [0.4, 0.5) is 10.8 Å². The Morgan fingerprint density at radius 2 is 2.50 bits per heavy atom. The number of aryl methyl sites for hydroxylation is 1. The minimum Gasteiger partial charge on any atom is -0.382 e. The molecule has 0 bridgehead atoms. The van der Waals surface area contributed by atoms with Gasteiger partial charge in [0.25, 0.3) is 0 Å². The van der Waals surface area contributed by atoms with Gasteiger partial charge in [-0.1, -0.05) is 0 Å². The fraction of sp³-hybridized carbons (Fsp3) is 0.222. The molecule has 2 rings (SSSR count). The van der Waals surface area contributed by atoms with Gasteiger partial charge in [-0.25, -0.2) is 0 Å². The van der Waals surface area contributed by atoms with Crippen molar-refractivity contribution in [3.8, 4) is 6.07 Å². The van der Waals surface area contributed by atoms with E-state index in [1.165, 1.54) is 11.5 Å². The smallest absolute Gasteiger partial charge is 0.157 e. The van der Waals surface area contributed by atoms with Crippen molar-refractivity contribution in [3.63, 3.8) is 0 Å². The van der Waals surface area contributed by atoms with Crippen LogP contribution in [-0.4, -0.2) is 14.2 Å². The van der Waals surface area contributed by atoms with Crippen LogP contribution in [0.25, 0.3) is 0 Å². The molecular weight excluding hydrogens is 224 g/mol. The van der Waals surface area contributed by atoms with Crippen LogP contribution >= 0.6 is 11.5 Å². The maximum absolute atomic E-state index is 8.88. The van der Waals surface area contributed by atoms with E-state index in [9.17, 15) is 0 Å². The van der Waals surface area contributed by atoms with E-state index in [2.05, 4.69) is 14.8 Å². The molecule has 2 aromatic rings. The first-order valence-electron chi connectivity index (χ1n) is 4.58. The van der Waals surface area contributed by atoms with Crippen molar-refractivity contribution in [2.75, 3.05) is 11.1 Å². The van der Waals surface area contributed by atoms with Crippen molar-refractivity contribution in [1.82, 2.24) is 14.2 Å². The predicted octanol–water partition coefficient (Wildman–Crippen LogP) is 0.943. The number of hydrogen-bond acceptors (Lipinski definition) is 6. The Morgan fingerprint density at radius 1 is 1.69 bits per heavy atom. The second-order valence-corrected chi connectivity index (χ2v) is 3.96. The lowest BCUT2D eigenvalue weighted by atomic mass is 10.3. The summed E-state index contributed by atoms with van der Waals surface area (Å²) in [5.41, 5.74) is 6.98. The number of nitrogen functional groups attached to an aromatic ring is 1. The number of rotatable bonds is 3. The highest BCUT2D eigenvalue weighted by Crippen LogP contribution is 2.25. The maximum Gasteiger partial charge on any atom is 0.157 e. The largest absolute Gasteiger partial charge is 0.382 e. The Morgan fingerprint density at radius 3 is 3.12 bits per heavy atom. The van der Waals surface area contributed by atoms with Crippen LogP contribution in [0, 0.1) is 11.3 Å². The lowest BCUT2D eigenvalue weighted by Gasteiger charge is -2.03. The zero-order valence-electron chi connectivity index (χ0n) is 8.64. The summed E-state index contributed by atoms with van der Waals surface area (Å²) in [6.45, 7) is 0.590. The van der Waals surface area contributed by atoms with Gasteiger partial charge in [0.05, 0.1) is 12.2 Å². The molecule has 0 amide bonds. The van der Waals surface area contributed by atoms with E-state index < -0.39 is 0 Å². The first-order valence-corrected chi connectivity index (χ1v) is 5.35. The topological polar surface area (TPSA) is 92.6 Å². The van der Waals surface area contributed by atoms with E-state index in [-0.39, 0.29) is 5.82 Å². The number of nitrogens with zero attached hydrogens (tertiary/aromatic N) is 4. The molecule has 2 heterocycles. The molecule has 7 heteroatoms. The molecule has 0 saturated carbocycles. The Bertz CT molecular complexity index is 534. The first kappa shape index (κ1) is 10.4. The Hall–Kier alpha value is -2.07. The van der Waals surface area contributed by atoms with Crippen LogP contribution in [0.1, 0.15) is 11.3 Å². The molecule has 16 heavy (non-hydrogen) atoms. The van der Waals surface area contributed by atoms with Crippen molar-refractivity contribution in [1.29, 1.82) is 5.26 Å². The van der Waals surface area contributed by atoms with Crippen molar-refractivity contribution >= 4 is 22.4 Å².